The Morgan fingerprint density at radius 3 is 2.60 bits per heavy atom. The molecule has 134 valence electrons. The van der Waals surface area contributed by atoms with Gasteiger partial charge < -0.3 is 20.4 Å². The lowest BCUT2D eigenvalue weighted by Gasteiger charge is -2.22. The van der Waals surface area contributed by atoms with Crippen LogP contribution in [0.25, 0.3) is 0 Å². The zero-order chi connectivity index (χ0) is 18.4. The van der Waals surface area contributed by atoms with Crippen LogP contribution in [-0.2, 0) is 0 Å². The van der Waals surface area contributed by atoms with Crippen molar-refractivity contribution in [2.75, 3.05) is 33.0 Å². The number of hydrogen-bond donors (Lipinski definition) is 3. The third-order valence-electron chi connectivity index (χ3n) is 3.65. The van der Waals surface area contributed by atoms with E-state index in [1.165, 1.54) is 13.1 Å². The molecule has 2 aromatic rings. The summed E-state index contributed by atoms with van der Waals surface area (Å²) in [6, 6.07) is 7.92. The SMILES string of the molecule is CNC(=O)c1ccc(NC(=O)NCC(c2ccco2)N(C)C)cc1Cl. The highest BCUT2D eigenvalue weighted by Gasteiger charge is 2.18. The van der Waals surface area contributed by atoms with Crippen molar-refractivity contribution in [1.82, 2.24) is 15.5 Å². The molecule has 1 aromatic carbocycles. The summed E-state index contributed by atoms with van der Waals surface area (Å²) in [5.74, 6) is 0.483. The zero-order valence-corrected chi connectivity index (χ0v) is 15.1. The maximum atomic E-state index is 12.1. The number of halogens is 1. The van der Waals surface area contributed by atoms with E-state index < -0.39 is 0 Å². The number of hydrogen-bond acceptors (Lipinski definition) is 4. The van der Waals surface area contributed by atoms with Crippen LogP contribution in [0.15, 0.2) is 41.0 Å². The van der Waals surface area contributed by atoms with Crippen molar-refractivity contribution in [3.63, 3.8) is 0 Å². The number of carbonyl (C=O) groups is 2. The first-order chi connectivity index (χ1) is 11.9. The molecule has 0 radical (unpaired) electrons. The second-order valence-electron chi connectivity index (χ2n) is 5.60. The molecule has 0 aliphatic carbocycles. The van der Waals surface area contributed by atoms with E-state index in [-0.39, 0.29) is 23.0 Å². The third-order valence-corrected chi connectivity index (χ3v) is 3.96. The fraction of sp³-hybridized carbons (Fsp3) is 0.294. The smallest absolute Gasteiger partial charge is 0.319 e. The molecule has 25 heavy (non-hydrogen) atoms. The topological polar surface area (TPSA) is 86.6 Å². The molecule has 3 N–H and O–H groups in total. The lowest BCUT2D eigenvalue weighted by Crippen LogP contribution is -2.36. The van der Waals surface area contributed by atoms with Gasteiger partial charge in [0.2, 0.25) is 0 Å². The maximum Gasteiger partial charge on any atom is 0.319 e. The Kier molecular flexibility index (Phi) is 6.44. The molecule has 0 saturated heterocycles. The van der Waals surface area contributed by atoms with Crippen LogP contribution in [0, 0.1) is 0 Å². The average molecular weight is 365 g/mol. The second-order valence-corrected chi connectivity index (χ2v) is 6.01. The van der Waals surface area contributed by atoms with E-state index in [0.29, 0.717) is 17.8 Å². The van der Waals surface area contributed by atoms with Crippen molar-refractivity contribution in [2.24, 2.45) is 0 Å². The first-order valence-corrected chi connectivity index (χ1v) is 8.06. The molecule has 1 atom stereocenters. The molecule has 7 nitrogen and oxygen atoms in total. The molecular weight excluding hydrogens is 344 g/mol. The van der Waals surface area contributed by atoms with Gasteiger partial charge in [0, 0.05) is 19.3 Å². The number of benzene rings is 1. The van der Waals surface area contributed by atoms with Crippen molar-refractivity contribution >= 4 is 29.2 Å². The van der Waals surface area contributed by atoms with Gasteiger partial charge in [-0.15, -0.1) is 0 Å². The summed E-state index contributed by atoms with van der Waals surface area (Å²) in [4.78, 5) is 25.7. The summed E-state index contributed by atoms with van der Waals surface area (Å²) in [5, 5.41) is 8.25. The van der Waals surface area contributed by atoms with Gasteiger partial charge in [-0.25, -0.2) is 4.79 Å². The van der Waals surface area contributed by atoms with Crippen molar-refractivity contribution in [2.45, 2.75) is 6.04 Å². The maximum absolute atomic E-state index is 12.1. The van der Waals surface area contributed by atoms with Crippen molar-refractivity contribution in [3.8, 4) is 0 Å². The quantitative estimate of drug-likeness (QED) is 0.735. The van der Waals surface area contributed by atoms with Gasteiger partial charge in [0.15, 0.2) is 0 Å². The van der Waals surface area contributed by atoms with Gasteiger partial charge in [0.1, 0.15) is 5.76 Å². The Morgan fingerprint density at radius 2 is 2.04 bits per heavy atom. The minimum atomic E-state index is -0.373. The van der Waals surface area contributed by atoms with E-state index in [1.807, 2.05) is 31.1 Å². The van der Waals surface area contributed by atoms with Crippen molar-refractivity contribution in [1.29, 1.82) is 0 Å². The molecule has 0 bridgehead atoms. The Hall–Kier alpha value is -2.51. The first-order valence-electron chi connectivity index (χ1n) is 7.68. The number of carbonyl (C=O) groups excluding carboxylic acids is 2. The Balaban J connectivity index is 1.96. The molecule has 1 unspecified atom stereocenters. The van der Waals surface area contributed by atoms with Crippen molar-refractivity contribution < 1.29 is 14.0 Å². The summed E-state index contributed by atoms with van der Waals surface area (Å²) >= 11 is 6.07. The number of nitrogens with zero attached hydrogens (tertiary/aromatic N) is 1. The van der Waals surface area contributed by atoms with Crippen LogP contribution in [0.5, 0.6) is 0 Å². The number of nitrogens with one attached hydrogen (secondary N) is 3. The molecule has 1 aromatic heterocycles. The predicted molar refractivity (Wildman–Crippen MR) is 97.0 cm³/mol. The fourth-order valence-corrected chi connectivity index (χ4v) is 2.56. The van der Waals surface area contributed by atoms with E-state index >= 15 is 0 Å². The van der Waals surface area contributed by atoms with Crippen LogP contribution in [0.2, 0.25) is 5.02 Å². The summed E-state index contributed by atoms with van der Waals surface area (Å²) < 4.78 is 5.40. The van der Waals surface area contributed by atoms with Crippen LogP contribution in [0.1, 0.15) is 22.2 Å². The van der Waals surface area contributed by atoms with Crippen LogP contribution >= 0.6 is 11.6 Å². The van der Waals surface area contributed by atoms with E-state index in [2.05, 4.69) is 16.0 Å². The minimum absolute atomic E-state index is 0.0834. The normalized spacial score (nSPS) is 11.9. The number of rotatable bonds is 6. The number of furan rings is 1. The molecular formula is C17H21ClN4O3. The van der Waals surface area contributed by atoms with E-state index in [1.54, 1.807) is 18.4 Å². The predicted octanol–water partition coefficient (Wildman–Crippen LogP) is 2.72. The van der Waals surface area contributed by atoms with Crippen LogP contribution in [-0.4, -0.2) is 44.5 Å². The number of amides is 3. The zero-order valence-electron chi connectivity index (χ0n) is 14.3. The number of urea groups is 1. The highest BCUT2D eigenvalue weighted by molar-refractivity contribution is 6.34. The fourth-order valence-electron chi connectivity index (χ4n) is 2.29. The van der Waals surface area contributed by atoms with Crippen LogP contribution in [0.4, 0.5) is 10.5 Å². The second kappa shape index (κ2) is 8.55. The van der Waals surface area contributed by atoms with Gasteiger partial charge in [-0.2, -0.15) is 0 Å². The molecule has 0 aliphatic heterocycles. The number of anilines is 1. The molecule has 8 heteroatoms. The Labute approximate surface area is 151 Å². The molecule has 0 saturated carbocycles. The van der Waals surface area contributed by atoms with Crippen molar-refractivity contribution in [3.05, 3.63) is 52.9 Å². The summed E-state index contributed by atoms with van der Waals surface area (Å²) in [5.41, 5.74) is 0.843. The van der Waals surface area contributed by atoms with E-state index in [4.69, 9.17) is 16.0 Å². The van der Waals surface area contributed by atoms with Gasteiger partial charge >= 0.3 is 6.03 Å². The summed E-state index contributed by atoms with van der Waals surface area (Å²) in [6.07, 6.45) is 1.60. The summed E-state index contributed by atoms with van der Waals surface area (Å²) in [7, 11) is 5.34. The van der Waals surface area contributed by atoms with Gasteiger partial charge in [0.05, 0.1) is 22.9 Å². The van der Waals surface area contributed by atoms with E-state index in [9.17, 15) is 9.59 Å². The van der Waals surface area contributed by atoms with Crippen LogP contribution in [0.3, 0.4) is 0 Å². The molecule has 0 aliphatic rings. The molecule has 0 fully saturated rings. The van der Waals surface area contributed by atoms with Gasteiger partial charge in [-0.3, -0.25) is 9.69 Å². The highest BCUT2D eigenvalue weighted by Crippen LogP contribution is 2.21. The lowest BCUT2D eigenvalue weighted by molar-refractivity contribution is 0.0963. The molecule has 3 amide bonds. The van der Waals surface area contributed by atoms with Gasteiger partial charge in [-0.05, 0) is 44.4 Å². The first kappa shape index (κ1) is 18.8. The average Bonchev–Trinajstić information content (AvgIpc) is 3.08. The van der Waals surface area contributed by atoms with Gasteiger partial charge in [-0.1, -0.05) is 11.6 Å². The Bertz CT molecular complexity index is 731. The molecule has 1 heterocycles. The lowest BCUT2D eigenvalue weighted by atomic mass is 10.2. The Morgan fingerprint density at radius 1 is 1.28 bits per heavy atom. The largest absolute Gasteiger partial charge is 0.468 e. The third kappa shape index (κ3) is 4.98. The minimum Gasteiger partial charge on any atom is -0.468 e. The molecule has 2 rings (SSSR count). The molecule has 0 spiro atoms. The monoisotopic (exact) mass is 364 g/mol. The number of likely N-dealkylation sites (N-methyl/N-ethyl adjacent to an activating group) is 1. The standard InChI is InChI=1S/C17H21ClN4O3/c1-19-16(23)12-7-6-11(9-13(12)18)21-17(24)20-10-14(22(2)3)15-5-4-8-25-15/h4-9,14H,10H2,1-3H3,(H,19,23)(H2,20,21,24). The van der Waals surface area contributed by atoms with Crippen LogP contribution < -0.4 is 16.0 Å². The van der Waals surface area contributed by atoms with Gasteiger partial charge in [0.25, 0.3) is 5.91 Å². The van der Waals surface area contributed by atoms with E-state index in [0.717, 1.165) is 5.76 Å². The summed E-state index contributed by atoms with van der Waals surface area (Å²) in [6.45, 7) is 0.371. The highest BCUT2D eigenvalue weighted by atomic mass is 35.5.